The number of piperidine rings is 1. The van der Waals surface area contributed by atoms with Crippen molar-refractivity contribution >= 4 is 17.5 Å². The number of amides is 2. The number of carbonyl (C=O) groups excluding carboxylic acids is 2. The van der Waals surface area contributed by atoms with Crippen LogP contribution in [0.25, 0.3) is 0 Å². The molecule has 2 aliphatic rings. The molecule has 0 bridgehead atoms. The molecule has 3 heterocycles. The quantitative estimate of drug-likeness (QED) is 0.816. The van der Waals surface area contributed by atoms with Gasteiger partial charge in [-0.3, -0.25) is 9.59 Å². The summed E-state index contributed by atoms with van der Waals surface area (Å²) < 4.78 is 11.3. The lowest BCUT2D eigenvalue weighted by molar-refractivity contribution is -0.148. The Balaban J connectivity index is 1.25. The summed E-state index contributed by atoms with van der Waals surface area (Å²) in [4.78, 5) is 31.3. The second-order valence-electron chi connectivity index (χ2n) is 7.74. The number of rotatable bonds is 5. The topological polar surface area (TPSA) is 80.8 Å². The molecule has 2 saturated heterocycles. The van der Waals surface area contributed by atoms with E-state index in [4.69, 9.17) is 9.47 Å². The number of nitrogens with zero attached hydrogens (tertiary/aromatic N) is 2. The molecule has 4 rings (SSSR count). The van der Waals surface area contributed by atoms with Crippen LogP contribution < -0.4 is 10.1 Å². The highest BCUT2D eigenvalue weighted by Gasteiger charge is 2.32. The van der Waals surface area contributed by atoms with Crippen molar-refractivity contribution in [2.24, 2.45) is 5.92 Å². The van der Waals surface area contributed by atoms with Crippen molar-refractivity contribution in [3.8, 4) is 11.6 Å². The van der Waals surface area contributed by atoms with Gasteiger partial charge in [0.2, 0.25) is 11.8 Å². The van der Waals surface area contributed by atoms with E-state index in [1.165, 1.54) is 0 Å². The van der Waals surface area contributed by atoms with E-state index in [-0.39, 0.29) is 23.8 Å². The maximum Gasteiger partial charge on any atom is 0.251 e. The standard InChI is InChI=1S/C23H27N3O4/c27-22(17-11-13-26(14-12-17)23(28)20-8-4-5-15-29-20)25-18-9-10-21(24-16-18)30-19-6-2-1-3-7-19/h1-3,6-7,9-10,16-17,20H,4-5,8,11-15H2,(H,25,27)/t20-/m0/s1. The second-order valence-corrected chi connectivity index (χ2v) is 7.74. The van der Waals surface area contributed by atoms with Crippen molar-refractivity contribution in [1.82, 2.24) is 9.88 Å². The van der Waals surface area contributed by atoms with Crippen molar-refractivity contribution in [3.63, 3.8) is 0 Å². The SMILES string of the molecule is O=C(Nc1ccc(Oc2ccccc2)nc1)C1CCN(C(=O)[C@@H]2CCCCO2)CC1. The van der Waals surface area contributed by atoms with E-state index >= 15 is 0 Å². The normalized spacial score (nSPS) is 19.9. The Bertz CT molecular complexity index is 843. The number of anilines is 1. The van der Waals surface area contributed by atoms with Crippen molar-refractivity contribution < 1.29 is 19.1 Å². The smallest absolute Gasteiger partial charge is 0.251 e. The van der Waals surface area contributed by atoms with Gasteiger partial charge in [-0.1, -0.05) is 18.2 Å². The lowest BCUT2D eigenvalue weighted by atomic mass is 9.95. The fraction of sp³-hybridized carbons (Fsp3) is 0.435. The summed E-state index contributed by atoms with van der Waals surface area (Å²) in [6.45, 7) is 1.86. The number of hydrogen-bond donors (Lipinski definition) is 1. The van der Waals surface area contributed by atoms with Crippen LogP contribution in [-0.4, -0.2) is 47.5 Å². The van der Waals surface area contributed by atoms with E-state index in [2.05, 4.69) is 10.3 Å². The first-order valence-corrected chi connectivity index (χ1v) is 10.6. The number of nitrogens with one attached hydrogen (secondary N) is 1. The third kappa shape index (κ3) is 5.16. The maximum atomic E-state index is 12.6. The number of benzene rings is 1. The Morgan fingerprint density at radius 3 is 2.50 bits per heavy atom. The molecule has 0 spiro atoms. The van der Waals surface area contributed by atoms with E-state index in [9.17, 15) is 9.59 Å². The summed E-state index contributed by atoms with van der Waals surface area (Å²) in [5, 5.41) is 2.93. The molecule has 1 aromatic carbocycles. The first-order valence-electron chi connectivity index (χ1n) is 10.6. The molecule has 2 amide bonds. The van der Waals surface area contributed by atoms with Crippen LogP contribution >= 0.6 is 0 Å². The number of carbonyl (C=O) groups is 2. The Kier molecular flexibility index (Phi) is 6.59. The molecular weight excluding hydrogens is 382 g/mol. The average Bonchev–Trinajstić information content (AvgIpc) is 2.81. The molecule has 158 valence electrons. The number of pyridine rings is 1. The van der Waals surface area contributed by atoms with Crippen LogP contribution in [0.5, 0.6) is 11.6 Å². The summed E-state index contributed by atoms with van der Waals surface area (Å²) in [5.41, 5.74) is 0.634. The summed E-state index contributed by atoms with van der Waals surface area (Å²) in [7, 11) is 0. The highest BCUT2D eigenvalue weighted by atomic mass is 16.5. The van der Waals surface area contributed by atoms with E-state index < -0.39 is 0 Å². The van der Waals surface area contributed by atoms with Gasteiger partial charge < -0.3 is 19.7 Å². The van der Waals surface area contributed by atoms with Gasteiger partial charge in [-0.05, 0) is 50.3 Å². The van der Waals surface area contributed by atoms with Gasteiger partial charge in [0.25, 0.3) is 5.91 Å². The van der Waals surface area contributed by atoms with Gasteiger partial charge in [-0.25, -0.2) is 4.98 Å². The molecule has 2 fully saturated rings. The molecule has 7 nitrogen and oxygen atoms in total. The van der Waals surface area contributed by atoms with Crippen LogP contribution in [0.3, 0.4) is 0 Å². The Morgan fingerprint density at radius 1 is 1.03 bits per heavy atom. The molecule has 0 unspecified atom stereocenters. The summed E-state index contributed by atoms with van der Waals surface area (Å²) in [5.74, 6) is 1.11. The van der Waals surface area contributed by atoms with E-state index in [0.29, 0.717) is 49.9 Å². The molecule has 30 heavy (non-hydrogen) atoms. The van der Waals surface area contributed by atoms with Gasteiger partial charge in [-0.15, -0.1) is 0 Å². The molecule has 1 aromatic heterocycles. The largest absolute Gasteiger partial charge is 0.439 e. The predicted molar refractivity (Wildman–Crippen MR) is 112 cm³/mol. The molecule has 7 heteroatoms. The molecule has 2 aliphatic heterocycles. The molecule has 1 atom stereocenters. The molecule has 2 aromatic rings. The highest BCUT2D eigenvalue weighted by molar-refractivity contribution is 5.92. The number of para-hydroxylation sites is 1. The molecule has 0 radical (unpaired) electrons. The van der Waals surface area contributed by atoms with Crippen LogP contribution in [0.2, 0.25) is 0 Å². The number of likely N-dealkylation sites (tertiary alicyclic amines) is 1. The van der Waals surface area contributed by atoms with Gasteiger partial charge in [0.1, 0.15) is 11.9 Å². The van der Waals surface area contributed by atoms with Crippen LogP contribution in [0, 0.1) is 5.92 Å². The van der Waals surface area contributed by atoms with Gasteiger partial charge in [0.05, 0.1) is 11.9 Å². The van der Waals surface area contributed by atoms with Crippen molar-refractivity contribution in [2.45, 2.75) is 38.2 Å². The van der Waals surface area contributed by atoms with E-state index in [1.54, 1.807) is 18.3 Å². The van der Waals surface area contributed by atoms with Crippen LogP contribution in [0.15, 0.2) is 48.7 Å². The molecule has 0 saturated carbocycles. The number of hydrogen-bond acceptors (Lipinski definition) is 5. The number of ether oxygens (including phenoxy) is 2. The fourth-order valence-corrected chi connectivity index (χ4v) is 3.87. The zero-order valence-electron chi connectivity index (χ0n) is 17.0. The fourth-order valence-electron chi connectivity index (χ4n) is 3.87. The van der Waals surface area contributed by atoms with Crippen LogP contribution in [0.1, 0.15) is 32.1 Å². The van der Waals surface area contributed by atoms with Gasteiger partial charge in [0, 0.05) is 31.7 Å². The van der Waals surface area contributed by atoms with E-state index in [0.717, 1.165) is 19.3 Å². The van der Waals surface area contributed by atoms with Crippen LogP contribution in [-0.2, 0) is 14.3 Å². The zero-order chi connectivity index (χ0) is 20.8. The lowest BCUT2D eigenvalue weighted by Gasteiger charge is -2.34. The van der Waals surface area contributed by atoms with Gasteiger partial charge in [-0.2, -0.15) is 0 Å². The van der Waals surface area contributed by atoms with E-state index in [1.807, 2.05) is 35.2 Å². The Morgan fingerprint density at radius 2 is 1.83 bits per heavy atom. The van der Waals surface area contributed by atoms with Crippen molar-refractivity contribution in [2.75, 3.05) is 25.0 Å². The minimum Gasteiger partial charge on any atom is -0.439 e. The molecular formula is C23H27N3O4. The second kappa shape index (κ2) is 9.71. The van der Waals surface area contributed by atoms with Gasteiger partial charge in [0.15, 0.2) is 0 Å². The zero-order valence-corrected chi connectivity index (χ0v) is 17.0. The maximum absolute atomic E-state index is 12.6. The minimum atomic E-state index is -0.299. The summed E-state index contributed by atoms with van der Waals surface area (Å²) in [6, 6.07) is 12.9. The highest BCUT2D eigenvalue weighted by Crippen LogP contribution is 2.24. The van der Waals surface area contributed by atoms with Crippen molar-refractivity contribution in [3.05, 3.63) is 48.7 Å². The average molecular weight is 409 g/mol. The van der Waals surface area contributed by atoms with Crippen molar-refractivity contribution in [1.29, 1.82) is 0 Å². The summed E-state index contributed by atoms with van der Waals surface area (Å²) in [6.07, 6.45) is 5.48. The lowest BCUT2D eigenvalue weighted by Crippen LogP contribution is -2.47. The first kappa shape index (κ1) is 20.3. The first-order chi connectivity index (χ1) is 14.7. The Hall–Kier alpha value is -2.93. The molecule has 1 N–H and O–H groups in total. The molecule has 0 aliphatic carbocycles. The number of aromatic nitrogens is 1. The van der Waals surface area contributed by atoms with Crippen LogP contribution in [0.4, 0.5) is 5.69 Å². The summed E-state index contributed by atoms with van der Waals surface area (Å²) >= 11 is 0. The monoisotopic (exact) mass is 409 g/mol. The van der Waals surface area contributed by atoms with Gasteiger partial charge >= 0.3 is 0 Å². The third-order valence-electron chi connectivity index (χ3n) is 5.60. The predicted octanol–water partition coefficient (Wildman–Crippen LogP) is 3.62. The Labute approximate surface area is 176 Å². The minimum absolute atomic E-state index is 0.0328. The third-order valence-corrected chi connectivity index (χ3v) is 5.60.